The first-order valence-electron chi connectivity index (χ1n) is 10.3. The van der Waals surface area contributed by atoms with Crippen LogP contribution in [0.15, 0.2) is 60.7 Å². The predicted octanol–water partition coefficient (Wildman–Crippen LogP) is 2.88. The number of sulfonamides is 1. The molecule has 4 rings (SSSR count). The SMILES string of the molecule is COc1cc(OCCNS(C)(=O)=O)c2c3c(C(N)=O)cccc3n(Cc3ccccc3)c2c1. The minimum atomic E-state index is -3.34. The lowest BCUT2D eigenvalue weighted by Crippen LogP contribution is -2.26. The Morgan fingerprint density at radius 2 is 1.79 bits per heavy atom. The van der Waals surface area contributed by atoms with Gasteiger partial charge in [-0.25, -0.2) is 13.1 Å². The van der Waals surface area contributed by atoms with Crippen molar-refractivity contribution < 1.29 is 22.7 Å². The van der Waals surface area contributed by atoms with Crippen LogP contribution in [0.2, 0.25) is 0 Å². The monoisotopic (exact) mass is 467 g/mol. The van der Waals surface area contributed by atoms with Crippen LogP contribution < -0.4 is 19.9 Å². The van der Waals surface area contributed by atoms with E-state index >= 15 is 0 Å². The number of primary amides is 1. The van der Waals surface area contributed by atoms with Crippen molar-refractivity contribution in [2.75, 3.05) is 26.5 Å². The van der Waals surface area contributed by atoms with E-state index in [4.69, 9.17) is 15.2 Å². The summed E-state index contributed by atoms with van der Waals surface area (Å²) >= 11 is 0. The fourth-order valence-electron chi connectivity index (χ4n) is 3.96. The highest BCUT2D eigenvalue weighted by Crippen LogP contribution is 2.40. The van der Waals surface area contributed by atoms with E-state index in [1.54, 1.807) is 25.3 Å². The van der Waals surface area contributed by atoms with Gasteiger partial charge in [0.2, 0.25) is 15.9 Å². The fraction of sp³-hybridized carbons (Fsp3) is 0.208. The number of nitrogens with one attached hydrogen (secondary N) is 1. The second-order valence-corrected chi connectivity index (χ2v) is 9.50. The fourth-order valence-corrected chi connectivity index (χ4v) is 4.41. The number of hydrogen-bond acceptors (Lipinski definition) is 5. The molecule has 0 aliphatic heterocycles. The molecule has 3 N–H and O–H groups in total. The molecule has 1 aromatic heterocycles. The lowest BCUT2D eigenvalue weighted by Gasteiger charge is -2.12. The summed E-state index contributed by atoms with van der Waals surface area (Å²) in [5.74, 6) is 0.511. The highest BCUT2D eigenvalue weighted by Gasteiger charge is 2.21. The summed E-state index contributed by atoms with van der Waals surface area (Å²) in [5.41, 5.74) is 8.83. The van der Waals surface area contributed by atoms with E-state index in [2.05, 4.69) is 9.29 Å². The molecule has 172 valence electrons. The first-order valence-corrected chi connectivity index (χ1v) is 12.2. The van der Waals surface area contributed by atoms with Crippen LogP contribution in [0.4, 0.5) is 0 Å². The zero-order chi connectivity index (χ0) is 23.6. The van der Waals surface area contributed by atoms with Gasteiger partial charge in [0.1, 0.15) is 18.1 Å². The summed E-state index contributed by atoms with van der Waals surface area (Å²) in [6.45, 7) is 0.758. The Bertz CT molecular complexity index is 1430. The highest BCUT2D eigenvalue weighted by atomic mass is 32.2. The van der Waals surface area contributed by atoms with E-state index < -0.39 is 15.9 Å². The molecule has 3 aromatic carbocycles. The van der Waals surface area contributed by atoms with Gasteiger partial charge in [-0.15, -0.1) is 0 Å². The van der Waals surface area contributed by atoms with Crippen LogP contribution >= 0.6 is 0 Å². The number of carbonyl (C=O) groups excluding carboxylic acids is 1. The molecule has 0 aliphatic carbocycles. The van der Waals surface area contributed by atoms with E-state index in [0.29, 0.717) is 29.0 Å². The third-order valence-corrected chi connectivity index (χ3v) is 6.07. The Balaban J connectivity index is 1.93. The molecule has 1 amide bonds. The van der Waals surface area contributed by atoms with Crippen molar-refractivity contribution in [3.8, 4) is 11.5 Å². The minimum absolute atomic E-state index is 0.0967. The first-order chi connectivity index (χ1) is 15.8. The largest absolute Gasteiger partial charge is 0.497 e. The van der Waals surface area contributed by atoms with Crippen molar-refractivity contribution in [1.82, 2.24) is 9.29 Å². The third kappa shape index (κ3) is 4.79. The van der Waals surface area contributed by atoms with Crippen molar-refractivity contribution in [1.29, 1.82) is 0 Å². The molecule has 33 heavy (non-hydrogen) atoms. The lowest BCUT2D eigenvalue weighted by molar-refractivity contribution is 0.100. The van der Waals surface area contributed by atoms with E-state index in [-0.39, 0.29) is 13.2 Å². The molecule has 0 bridgehead atoms. The van der Waals surface area contributed by atoms with Gasteiger partial charge in [0.15, 0.2) is 0 Å². The number of hydrogen-bond donors (Lipinski definition) is 2. The van der Waals surface area contributed by atoms with Gasteiger partial charge >= 0.3 is 0 Å². The summed E-state index contributed by atoms with van der Waals surface area (Å²) in [5, 5.41) is 1.40. The maximum Gasteiger partial charge on any atom is 0.249 e. The van der Waals surface area contributed by atoms with Crippen LogP contribution in [-0.2, 0) is 16.6 Å². The van der Waals surface area contributed by atoms with Crippen LogP contribution in [0, 0.1) is 0 Å². The minimum Gasteiger partial charge on any atom is -0.497 e. The number of ether oxygens (including phenoxy) is 2. The number of rotatable bonds is 9. The number of nitrogens with zero attached hydrogens (tertiary/aromatic N) is 1. The smallest absolute Gasteiger partial charge is 0.249 e. The molecule has 0 saturated heterocycles. The summed E-state index contributed by atoms with van der Waals surface area (Å²) in [4.78, 5) is 12.3. The van der Waals surface area contributed by atoms with E-state index in [1.165, 1.54) is 0 Å². The van der Waals surface area contributed by atoms with Gasteiger partial charge < -0.3 is 19.8 Å². The molecule has 8 nitrogen and oxygen atoms in total. The maximum atomic E-state index is 12.3. The molecule has 0 saturated carbocycles. The molecule has 0 spiro atoms. The maximum absolute atomic E-state index is 12.3. The van der Waals surface area contributed by atoms with E-state index in [1.807, 2.05) is 42.5 Å². The summed E-state index contributed by atoms with van der Waals surface area (Å²) < 4.78 is 38.8. The number of amides is 1. The number of benzene rings is 3. The number of nitrogens with two attached hydrogens (primary N) is 1. The molecular formula is C24H25N3O5S. The van der Waals surface area contributed by atoms with Gasteiger partial charge in [-0.05, 0) is 17.7 Å². The molecule has 9 heteroatoms. The topological polar surface area (TPSA) is 113 Å². The van der Waals surface area contributed by atoms with Gasteiger partial charge in [-0.1, -0.05) is 36.4 Å². The first kappa shape index (κ1) is 22.6. The molecule has 0 aliphatic rings. The van der Waals surface area contributed by atoms with Crippen LogP contribution in [0.5, 0.6) is 11.5 Å². The van der Waals surface area contributed by atoms with Crippen LogP contribution in [0.3, 0.4) is 0 Å². The molecule has 0 unspecified atom stereocenters. The van der Waals surface area contributed by atoms with Crippen molar-refractivity contribution >= 4 is 37.7 Å². The molecule has 0 radical (unpaired) electrons. The second-order valence-electron chi connectivity index (χ2n) is 7.67. The normalized spacial score (nSPS) is 11.7. The van der Waals surface area contributed by atoms with Crippen molar-refractivity contribution in [2.45, 2.75) is 6.54 Å². The highest BCUT2D eigenvalue weighted by molar-refractivity contribution is 7.88. The molecular weight excluding hydrogens is 442 g/mol. The zero-order valence-electron chi connectivity index (χ0n) is 18.4. The third-order valence-electron chi connectivity index (χ3n) is 5.34. The number of methoxy groups -OCH3 is 1. The summed E-state index contributed by atoms with van der Waals surface area (Å²) in [7, 11) is -1.77. The predicted molar refractivity (Wildman–Crippen MR) is 128 cm³/mol. The number of carbonyl (C=O) groups is 1. The number of aromatic nitrogens is 1. The molecule has 1 heterocycles. The van der Waals surface area contributed by atoms with E-state index in [9.17, 15) is 13.2 Å². The van der Waals surface area contributed by atoms with Crippen molar-refractivity contribution in [2.24, 2.45) is 5.73 Å². The van der Waals surface area contributed by atoms with Crippen molar-refractivity contribution in [3.05, 3.63) is 71.8 Å². The lowest BCUT2D eigenvalue weighted by atomic mass is 10.1. The van der Waals surface area contributed by atoms with Crippen molar-refractivity contribution in [3.63, 3.8) is 0 Å². The Labute approximate surface area is 191 Å². The van der Waals surface area contributed by atoms with E-state index in [0.717, 1.165) is 28.2 Å². The average Bonchev–Trinajstić information content (AvgIpc) is 3.10. The van der Waals surface area contributed by atoms with Crippen LogP contribution in [-0.4, -0.2) is 45.4 Å². The van der Waals surface area contributed by atoms with Gasteiger partial charge in [-0.2, -0.15) is 0 Å². The summed E-state index contributed by atoms with van der Waals surface area (Å²) in [6.07, 6.45) is 1.09. The quantitative estimate of drug-likeness (QED) is 0.368. The summed E-state index contributed by atoms with van der Waals surface area (Å²) in [6, 6.07) is 19.0. The van der Waals surface area contributed by atoms with Crippen LogP contribution in [0.25, 0.3) is 21.8 Å². The Morgan fingerprint density at radius 3 is 2.45 bits per heavy atom. The molecule has 4 aromatic rings. The van der Waals surface area contributed by atoms with Gasteiger partial charge in [0.05, 0.1) is 29.8 Å². The Morgan fingerprint density at radius 1 is 1.03 bits per heavy atom. The van der Waals surface area contributed by atoms with Crippen LogP contribution in [0.1, 0.15) is 15.9 Å². The zero-order valence-corrected chi connectivity index (χ0v) is 19.2. The average molecular weight is 468 g/mol. The number of fused-ring (bicyclic) bond motifs is 3. The Kier molecular flexibility index (Phi) is 6.26. The molecule has 0 atom stereocenters. The second kappa shape index (κ2) is 9.13. The molecule has 0 fully saturated rings. The Hall–Kier alpha value is -3.56. The standard InChI is InChI=1S/C24H25N3O5S/c1-31-17-13-20-23(21(14-17)32-12-11-26-33(2,29)30)22-18(24(25)28)9-6-10-19(22)27(20)15-16-7-4-3-5-8-16/h3-10,13-14,26H,11-12,15H2,1-2H3,(H2,25,28). The van der Waals surface area contributed by atoms with Gasteiger partial charge in [0, 0.05) is 36.2 Å². The van der Waals surface area contributed by atoms with Gasteiger partial charge in [0.25, 0.3) is 0 Å². The van der Waals surface area contributed by atoms with Gasteiger partial charge in [-0.3, -0.25) is 4.79 Å².